The first-order valence-corrected chi connectivity index (χ1v) is 6.83. The number of likely N-dealkylation sites (N-methyl/N-ethyl adjacent to an activating group) is 1. The molecule has 4 heteroatoms. The Kier molecular flexibility index (Phi) is 4.41. The van der Waals surface area contributed by atoms with Gasteiger partial charge in [0.1, 0.15) is 6.07 Å². The van der Waals surface area contributed by atoms with Crippen molar-refractivity contribution in [1.82, 2.24) is 4.90 Å². The van der Waals surface area contributed by atoms with E-state index < -0.39 is 0 Å². The van der Waals surface area contributed by atoms with E-state index in [9.17, 15) is 5.26 Å². The van der Waals surface area contributed by atoms with E-state index in [-0.39, 0.29) is 0 Å². The molecule has 0 amide bonds. The van der Waals surface area contributed by atoms with Gasteiger partial charge in [-0.25, -0.2) is 0 Å². The van der Waals surface area contributed by atoms with Crippen molar-refractivity contribution in [3.63, 3.8) is 0 Å². The fraction of sp³-hybridized carbons (Fsp3) is 0.533. The van der Waals surface area contributed by atoms with E-state index in [1.807, 2.05) is 24.3 Å². The second-order valence-electron chi connectivity index (χ2n) is 5.34. The number of hydrogen-bond acceptors (Lipinski definition) is 4. The topological polar surface area (TPSA) is 56.3 Å². The van der Waals surface area contributed by atoms with Crippen LogP contribution in [0.4, 0.5) is 5.69 Å². The molecule has 2 atom stereocenters. The number of anilines is 1. The van der Waals surface area contributed by atoms with Gasteiger partial charge in [-0.1, -0.05) is 12.1 Å². The van der Waals surface area contributed by atoms with Crippen LogP contribution in [0, 0.1) is 11.3 Å². The standard InChI is InChI=1S/C15H22N4/c1-12-10-18(2)11-14(7-8-16)19(12)15-6-4-3-5-13(15)9-17/h3-6,12,14H,7-8,10-11,16H2,1-2H3. The normalized spacial score (nSPS) is 24.2. The average molecular weight is 258 g/mol. The van der Waals surface area contributed by atoms with Crippen LogP contribution in [0.15, 0.2) is 24.3 Å². The van der Waals surface area contributed by atoms with Crippen LogP contribution >= 0.6 is 0 Å². The zero-order chi connectivity index (χ0) is 13.8. The third-order valence-corrected chi connectivity index (χ3v) is 3.77. The van der Waals surface area contributed by atoms with Crippen molar-refractivity contribution >= 4 is 5.69 Å². The van der Waals surface area contributed by atoms with Crippen LogP contribution in [0.25, 0.3) is 0 Å². The zero-order valence-corrected chi connectivity index (χ0v) is 11.7. The predicted molar refractivity (Wildman–Crippen MR) is 78.1 cm³/mol. The van der Waals surface area contributed by atoms with Crippen LogP contribution in [0.2, 0.25) is 0 Å². The van der Waals surface area contributed by atoms with Crippen LogP contribution in [0.3, 0.4) is 0 Å². The quantitative estimate of drug-likeness (QED) is 0.891. The van der Waals surface area contributed by atoms with E-state index in [0.717, 1.165) is 30.8 Å². The molecular weight excluding hydrogens is 236 g/mol. The first-order chi connectivity index (χ1) is 9.17. The molecule has 0 aromatic heterocycles. The van der Waals surface area contributed by atoms with Gasteiger partial charge >= 0.3 is 0 Å². The van der Waals surface area contributed by atoms with Gasteiger partial charge < -0.3 is 15.5 Å². The molecule has 2 unspecified atom stereocenters. The summed E-state index contributed by atoms with van der Waals surface area (Å²) in [5, 5.41) is 9.29. The Hall–Kier alpha value is -1.57. The summed E-state index contributed by atoms with van der Waals surface area (Å²) in [6, 6.07) is 10.9. The molecule has 2 N–H and O–H groups in total. The second-order valence-corrected chi connectivity index (χ2v) is 5.34. The molecule has 102 valence electrons. The van der Waals surface area contributed by atoms with Crippen molar-refractivity contribution in [3.8, 4) is 6.07 Å². The molecule has 1 saturated heterocycles. The highest BCUT2D eigenvalue weighted by molar-refractivity contribution is 5.60. The van der Waals surface area contributed by atoms with Crippen molar-refractivity contribution in [2.24, 2.45) is 5.73 Å². The Morgan fingerprint density at radius 1 is 1.37 bits per heavy atom. The monoisotopic (exact) mass is 258 g/mol. The largest absolute Gasteiger partial charge is 0.362 e. The molecule has 0 radical (unpaired) electrons. The fourth-order valence-electron chi connectivity index (χ4n) is 3.07. The van der Waals surface area contributed by atoms with Gasteiger partial charge in [-0.15, -0.1) is 0 Å². The number of nitrogens with two attached hydrogens (primary N) is 1. The van der Waals surface area contributed by atoms with E-state index >= 15 is 0 Å². The van der Waals surface area contributed by atoms with Gasteiger partial charge in [0.2, 0.25) is 0 Å². The van der Waals surface area contributed by atoms with Crippen LogP contribution in [-0.4, -0.2) is 43.7 Å². The smallest absolute Gasteiger partial charge is 0.101 e. The zero-order valence-electron chi connectivity index (χ0n) is 11.7. The van der Waals surface area contributed by atoms with E-state index in [1.165, 1.54) is 0 Å². The Balaban J connectivity index is 2.35. The van der Waals surface area contributed by atoms with Gasteiger partial charge in [-0.2, -0.15) is 5.26 Å². The minimum absolute atomic E-state index is 0.383. The third-order valence-electron chi connectivity index (χ3n) is 3.77. The predicted octanol–water partition coefficient (Wildman–Crippen LogP) is 1.42. The molecule has 19 heavy (non-hydrogen) atoms. The van der Waals surface area contributed by atoms with E-state index in [0.29, 0.717) is 18.6 Å². The lowest BCUT2D eigenvalue weighted by Crippen LogP contribution is -2.57. The van der Waals surface area contributed by atoms with Gasteiger partial charge in [0.05, 0.1) is 11.3 Å². The van der Waals surface area contributed by atoms with Crippen molar-refractivity contribution in [3.05, 3.63) is 29.8 Å². The number of piperazine rings is 1. The van der Waals surface area contributed by atoms with Crippen molar-refractivity contribution in [2.45, 2.75) is 25.4 Å². The number of nitriles is 1. The second kappa shape index (κ2) is 6.05. The average Bonchev–Trinajstić information content (AvgIpc) is 2.39. The molecule has 1 aromatic rings. The Labute approximate surface area is 115 Å². The van der Waals surface area contributed by atoms with Crippen LogP contribution in [0.5, 0.6) is 0 Å². The first kappa shape index (κ1) is 13.9. The summed E-state index contributed by atoms with van der Waals surface area (Å²) < 4.78 is 0. The minimum atomic E-state index is 0.383. The summed E-state index contributed by atoms with van der Waals surface area (Å²) in [6.45, 7) is 4.91. The number of rotatable bonds is 3. The lowest BCUT2D eigenvalue weighted by atomic mass is 10.0. The maximum Gasteiger partial charge on any atom is 0.101 e. The summed E-state index contributed by atoms with van der Waals surface area (Å²) in [4.78, 5) is 4.72. The first-order valence-electron chi connectivity index (χ1n) is 6.83. The van der Waals surface area contributed by atoms with Gasteiger partial charge in [0.25, 0.3) is 0 Å². The molecule has 1 aliphatic heterocycles. The van der Waals surface area contributed by atoms with Gasteiger partial charge in [0.15, 0.2) is 0 Å². The van der Waals surface area contributed by atoms with Crippen molar-refractivity contribution in [1.29, 1.82) is 5.26 Å². The summed E-state index contributed by atoms with van der Waals surface area (Å²) in [5.74, 6) is 0. The molecule has 2 rings (SSSR count). The molecule has 0 spiro atoms. The molecule has 4 nitrogen and oxygen atoms in total. The highest BCUT2D eigenvalue weighted by atomic mass is 15.3. The van der Waals surface area contributed by atoms with Crippen molar-refractivity contribution in [2.75, 3.05) is 31.6 Å². The van der Waals surface area contributed by atoms with Crippen LogP contribution < -0.4 is 10.6 Å². The lowest BCUT2D eigenvalue weighted by Gasteiger charge is -2.46. The number of nitrogens with zero attached hydrogens (tertiary/aromatic N) is 3. The maximum absolute atomic E-state index is 9.29. The molecule has 0 aliphatic carbocycles. The number of benzene rings is 1. The molecule has 1 heterocycles. The molecule has 1 fully saturated rings. The highest BCUT2D eigenvalue weighted by Crippen LogP contribution is 2.28. The van der Waals surface area contributed by atoms with Crippen molar-refractivity contribution < 1.29 is 0 Å². The maximum atomic E-state index is 9.29. The van der Waals surface area contributed by atoms with E-state index in [4.69, 9.17) is 5.73 Å². The summed E-state index contributed by atoms with van der Waals surface area (Å²) in [6.07, 6.45) is 0.953. The summed E-state index contributed by atoms with van der Waals surface area (Å²) in [5.41, 5.74) is 7.55. The van der Waals surface area contributed by atoms with Gasteiger partial charge in [-0.3, -0.25) is 0 Å². The molecule has 0 saturated carbocycles. The number of para-hydroxylation sites is 1. The summed E-state index contributed by atoms with van der Waals surface area (Å²) >= 11 is 0. The number of hydrogen-bond donors (Lipinski definition) is 1. The van der Waals surface area contributed by atoms with Crippen LogP contribution in [-0.2, 0) is 0 Å². The molecule has 0 bridgehead atoms. The molecular formula is C15H22N4. The van der Waals surface area contributed by atoms with Gasteiger partial charge in [0, 0.05) is 25.2 Å². The van der Waals surface area contributed by atoms with E-state index in [1.54, 1.807) is 0 Å². The van der Waals surface area contributed by atoms with Gasteiger partial charge in [-0.05, 0) is 39.1 Å². The molecule has 1 aromatic carbocycles. The fourth-order valence-corrected chi connectivity index (χ4v) is 3.07. The Morgan fingerprint density at radius 2 is 2.11 bits per heavy atom. The Bertz CT molecular complexity index is 465. The Morgan fingerprint density at radius 3 is 2.79 bits per heavy atom. The lowest BCUT2D eigenvalue weighted by molar-refractivity contribution is 0.227. The highest BCUT2D eigenvalue weighted by Gasteiger charge is 2.31. The SMILES string of the molecule is CC1CN(C)CC(CCN)N1c1ccccc1C#N. The van der Waals surface area contributed by atoms with E-state index in [2.05, 4.69) is 29.8 Å². The third kappa shape index (κ3) is 2.89. The summed E-state index contributed by atoms with van der Waals surface area (Å²) in [7, 11) is 2.15. The minimum Gasteiger partial charge on any atom is -0.362 e. The van der Waals surface area contributed by atoms with Crippen LogP contribution in [0.1, 0.15) is 18.9 Å². The molecule has 1 aliphatic rings.